The molecule has 0 aromatic heterocycles. The second kappa shape index (κ2) is 5.31. The second-order valence-corrected chi connectivity index (χ2v) is 5.40. The summed E-state index contributed by atoms with van der Waals surface area (Å²) in [6.07, 6.45) is 0. The Kier molecular flexibility index (Phi) is 3.99. The fraction of sp³-hybridized carbons (Fsp3) is 0.417. The molecule has 1 unspecified atom stereocenters. The van der Waals surface area contributed by atoms with E-state index in [0.29, 0.717) is 12.3 Å². The van der Waals surface area contributed by atoms with Crippen LogP contribution in [0.3, 0.4) is 0 Å². The molecular weight excluding hydrogens is 300 g/mol. The lowest BCUT2D eigenvalue weighted by atomic mass is 10.1. The summed E-state index contributed by atoms with van der Waals surface area (Å²) >= 11 is 7.72. The van der Waals surface area contributed by atoms with Gasteiger partial charge in [-0.1, -0.05) is 34.1 Å². The van der Waals surface area contributed by atoms with Gasteiger partial charge in [-0.25, -0.2) is 4.79 Å². The maximum atomic E-state index is 12.0. The Morgan fingerprint density at radius 3 is 2.82 bits per heavy atom. The summed E-state index contributed by atoms with van der Waals surface area (Å²) in [4.78, 5) is 15.6. The maximum absolute atomic E-state index is 12.0. The standard InChI is InChI=1S/C12H15BrN2OS/c1-14-11(8-15(6-7-17)12(14)16)9-4-2-3-5-10(9)13/h2-5,11,17H,6-8H2,1H3. The number of hydrogen-bond donors (Lipinski definition) is 1. The van der Waals surface area contributed by atoms with E-state index in [1.165, 1.54) is 0 Å². The van der Waals surface area contributed by atoms with Crippen molar-refractivity contribution in [3.63, 3.8) is 0 Å². The summed E-state index contributed by atoms with van der Waals surface area (Å²) < 4.78 is 1.05. The van der Waals surface area contributed by atoms with Gasteiger partial charge in [0.15, 0.2) is 0 Å². The van der Waals surface area contributed by atoms with Crippen LogP contribution in [-0.4, -0.2) is 41.7 Å². The fourth-order valence-corrected chi connectivity index (χ4v) is 2.92. The highest BCUT2D eigenvalue weighted by Gasteiger charge is 2.35. The number of hydrogen-bond acceptors (Lipinski definition) is 2. The van der Waals surface area contributed by atoms with Gasteiger partial charge in [-0.15, -0.1) is 0 Å². The summed E-state index contributed by atoms with van der Waals surface area (Å²) in [6.45, 7) is 1.44. The summed E-state index contributed by atoms with van der Waals surface area (Å²) in [6, 6.07) is 8.26. The first-order valence-corrected chi connectivity index (χ1v) is 6.94. The third kappa shape index (κ3) is 2.45. The molecule has 0 bridgehead atoms. The Morgan fingerprint density at radius 2 is 2.18 bits per heavy atom. The van der Waals surface area contributed by atoms with E-state index in [4.69, 9.17) is 0 Å². The van der Waals surface area contributed by atoms with Crippen LogP contribution in [0, 0.1) is 0 Å². The number of halogens is 1. The van der Waals surface area contributed by atoms with Gasteiger partial charge in [-0.05, 0) is 11.6 Å². The molecular formula is C12H15BrN2OS. The van der Waals surface area contributed by atoms with Gasteiger partial charge in [0.25, 0.3) is 0 Å². The highest BCUT2D eigenvalue weighted by Crippen LogP contribution is 2.32. The molecule has 2 amide bonds. The average Bonchev–Trinajstić information content (AvgIpc) is 2.59. The van der Waals surface area contributed by atoms with Gasteiger partial charge < -0.3 is 9.80 Å². The average molecular weight is 315 g/mol. The number of carbonyl (C=O) groups excluding carboxylic acids is 1. The highest BCUT2D eigenvalue weighted by atomic mass is 79.9. The first-order valence-electron chi connectivity index (χ1n) is 5.52. The van der Waals surface area contributed by atoms with Crippen LogP contribution in [0.25, 0.3) is 0 Å². The van der Waals surface area contributed by atoms with Gasteiger partial charge in [-0.3, -0.25) is 0 Å². The molecule has 1 heterocycles. The molecule has 0 aliphatic carbocycles. The molecule has 2 rings (SSSR count). The van der Waals surface area contributed by atoms with Gasteiger partial charge in [0, 0.05) is 30.4 Å². The molecule has 17 heavy (non-hydrogen) atoms. The van der Waals surface area contributed by atoms with E-state index in [1.54, 1.807) is 4.90 Å². The molecule has 1 aromatic rings. The van der Waals surface area contributed by atoms with Gasteiger partial charge >= 0.3 is 6.03 Å². The molecule has 3 nitrogen and oxygen atoms in total. The van der Waals surface area contributed by atoms with Crippen LogP contribution in [0.5, 0.6) is 0 Å². The number of carbonyl (C=O) groups is 1. The topological polar surface area (TPSA) is 23.6 Å². The summed E-state index contributed by atoms with van der Waals surface area (Å²) in [5.74, 6) is 0.697. The number of thiol groups is 1. The Bertz CT molecular complexity index is 427. The monoisotopic (exact) mass is 314 g/mol. The van der Waals surface area contributed by atoms with Crippen LogP contribution < -0.4 is 0 Å². The molecule has 1 atom stereocenters. The smallest absolute Gasteiger partial charge is 0.320 e. The third-order valence-electron chi connectivity index (χ3n) is 3.07. The number of amides is 2. The van der Waals surface area contributed by atoms with Crippen LogP contribution in [0.1, 0.15) is 11.6 Å². The van der Waals surface area contributed by atoms with E-state index in [9.17, 15) is 4.79 Å². The molecule has 0 saturated carbocycles. The van der Waals surface area contributed by atoms with Crippen LogP contribution in [0.15, 0.2) is 28.7 Å². The molecule has 1 aliphatic heterocycles. The summed E-state index contributed by atoms with van der Waals surface area (Å²) in [5.41, 5.74) is 1.16. The quantitative estimate of drug-likeness (QED) is 0.852. The van der Waals surface area contributed by atoms with Crippen molar-refractivity contribution in [1.29, 1.82) is 0 Å². The van der Waals surface area contributed by atoms with E-state index in [0.717, 1.165) is 16.6 Å². The molecule has 1 fully saturated rings. The van der Waals surface area contributed by atoms with E-state index >= 15 is 0 Å². The summed E-state index contributed by atoms with van der Waals surface area (Å²) in [7, 11) is 1.85. The third-order valence-corrected chi connectivity index (χ3v) is 3.99. The predicted octanol–water partition coefficient (Wildman–Crippen LogP) is 2.79. The Hall–Kier alpha value is -0.680. The van der Waals surface area contributed by atoms with Gasteiger partial charge in [0.2, 0.25) is 0 Å². The Balaban J connectivity index is 2.24. The van der Waals surface area contributed by atoms with Crippen molar-refractivity contribution >= 4 is 34.6 Å². The second-order valence-electron chi connectivity index (χ2n) is 4.10. The lowest BCUT2D eigenvalue weighted by molar-refractivity contribution is 0.197. The first kappa shape index (κ1) is 12.8. The molecule has 92 valence electrons. The van der Waals surface area contributed by atoms with E-state index < -0.39 is 0 Å². The van der Waals surface area contributed by atoms with Crippen LogP contribution in [-0.2, 0) is 0 Å². The van der Waals surface area contributed by atoms with Crippen molar-refractivity contribution in [3.05, 3.63) is 34.3 Å². The largest absolute Gasteiger partial charge is 0.321 e. The number of rotatable bonds is 3. The molecule has 5 heteroatoms. The normalized spacial score (nSPS) is 20.2. The minimum absolute atomic E-state index is 0.0832. The number of nitrogens with zero attached hydrogens (tertiary/aromatic N) is 2. The Labute approximate surface area is 115 Å². The van der Waals surface area contributed by atoms with Gasteiger partial charge in [-0.2, -0.15) is 12.6 Å². The van der Waals surface area contributed by atoms with Gasteiger partial charge in [0.1, 0.15) is 0 Å². The lowest BCUT2D eigenvalue weighted by Gasteiger charge is -2.19. The molecule has 0 radical (unpaired) electrons. The minimum Gasteiger partial charge on any atom is -0.321 e. The van der Waals surface area contributed by atoms with E-state index in [-0.39, 0.29) is 12.1 Å². The Morgan fingerprint density at radius 1 is 1.47 bits per heavy atom. The molecule has 0 N–H and O–H groups in total. The van der Waals surface area contributed by atoms with Crippen molar-refractivity contribution in [3.8, 4) is 0 Å². The van der Waals surface area contributed by atoms with E-state index in [1.807, 2.05) is 30.1 Å². The predicted molar refractivity (Wildman–Crippen MR) is 75.5 cm³/mol. The van der Waals surface area contributed by atoms with Crippen LogP contribution >= 0.6 is 28.6 Å². The maximum Gasteiger partial charge on any atom is 0.320 e. The molecule has 1 aromatic carbocycles. The van der Waals surface area contributed by atoms with Crippen LogP contribution in [0.4, 0.5) is 4.79 Å². The fourth-order valence-electron chi connectivity index (χ4n) is 2.13. The molecule has 1 aliphatic rings. The van der Waals surface area contributed by atoms with E-state index in [2.05, 4.69) is 34.6 Å². The minimum atomic E-state index is 0.0832. The lowest BCUT2D eigenvalue weighted by Crippen LogP contribution is -2.31. The number of benzene rings is 1. The van der Waals surface area contributed by atoms with Crippen molar-refractivity contribution in [2.75, 3.05) is 25.9 Å². The SMILES string of the molecule is CN1C(=O)N(CCS)CC1c1ccccc1Br. The molecule has 1 saturated heterocycles. The zero-order chi connectivity index (χ0) is 12.4. The zero-order valence-electron chi connectivity index (χ0n) is 9.64. The van der Waals surface area contributed by atoms with Crippen molar-refractivity contribution < 1.29 is 4.79 Å². The zero-order valence-corrected chi connectivity index (χ0v) is 12.1. The van der Waals surface area contributed by atoms with Gasteiger partial charge in [0.05, 0.1) is 6.04 Å². The number of likely N-dealkylation sites (N-methyl/N-ethyl adjacent to an activating group) is 1. The highest BCUT2D eigenvalue weighted by molar-refractivity contribution is 9.10. The van der Waals surface area contributed by atoms with Crippen molar-refractivity contribution in [1.82, 2.24) is 9.80 Å². The van der Waals surface area contributed by atoms with Crippen molar-refractivity contribution in [2.24, 2.45) is 0 Å². The summed E-state index contributed by atoms with van der Waals surface area (Å²) in [5, 5.41) is 0. The van der Waals surface area contributed by atoms with Crippen LogP contribution in [0.2, 0.25) is 0 Å². The number of urea groups is 1. The van der Waals surface area contributed by atoms with Crippen molar-refractivity contribution in [2.45, 2.75) is 6.04 Å². The molecule has 0 spiro atoms. The first-order chi connectivity index (χ1) is 8.15.